The summed E-state index contributed by atoms with van der Waals surface area (Å²) in [6, 6.07) is 5.44. The van der Waals surface area contributed by atoms with E-state index in [2.05, 4.69) is 26.8 Å². The highest BCUT2D eigenvalue weighted by Gasteiger charge is 2.31. The van der Waals surface area contributed by atoms with Gasteiger partial charge >= 0.3 is 0 Å². The molecule has 8 heteroatoms. The molecule has 1 aliphatic rings. The van der Waals surface area contributed by atoms with Crippen molar-refractivity contribution in [1.29, 1.82) is 0 Å². The first kappa shape index (κ1) is 19.2. The lowest BCUT2D eigenvalue weighted by molar-refractivity contribution is -0.314. The Morgan fingerprint density at radius 2 is 1.88 bits per heavy atom. The van der Waals surface area contributed by atoms with Gasteiger partial charge in [0.2, 0.25) is 5.91 Å². The molecule has 25 heavy (non-hydrogen) atoms. The van der Waals surface area contributed by atoms with Crippen LogP contribution in [0.25, 0.3) is 0 Å². The van der Waals surface area contributed by atoms with Crippen molar-refractivity contribution >= 4 is 33.7 Å². The number of nitrogens with one attached hydrogen (secondary N) is 2. The number of rotatable bonds is 5. The van der Waals surface area contributed by atoms with Gasteiger partial charge in [-0.3, -0.25) is 20.4 Å². The second-order valence-electron chi connectivity index (χ2n) is 6.08. The molecule has 0 heterocycles. The van der Waals surface area contributed by atoms with Gasteiger partial charge in [-0.05, 0) is 53.4 Å². The van der Waals surface area contributed by atoms with Crippen LogP contribution < -0.4 is 20.7 Å². The van der Waals surface area contributed by atoms with Gasteiger partial charge in [-0.25, -0.2) is 0 Å². The monoisotopic (exact) mass is 411 g/mol. The summed E-state index contributed by atoms with van der Waals surface area (Å²) in [4.78, 5) is 35.0. The van der Waals surface area contributed by atoms with Crippen LogP contribution in [0.2, 0.25) is 0 Å². The summed E-state index contributed by atoms with van der Waals surface area (Å²) in [7, 11) is 0. The molecule has 136 valence electrons. The number of aryl methyl sites for hydroxylation is 1. The van der Waals surface area contributed by atoms with Crippen molar-refractivity contribution < 1.29 is 24.2 Å². The van der Waals surface area contributed by atoms with Crippen molar-refractivity contribution in [2.45, 2.75) is 32.6 Å². The molecule has 0 aliphatic heterocycles. The van der Waals surface area contributed by atoms with Crippen LogP contribution in [-0.4, -0.2) is 24.4 Å². The summed E-state index contributed by atoms with van der Waals surface area (Å²) < 4.78 is 6.10. The molecule has 1 fully saturated rings. The third-order valence-corrected chi connectivity index (χ3v) is 4.80. The zero-order valence-electron chi connectivity index (χ0n) is 13.8. The van der Waals surface area contributed by atoms with Crippen LogP contribution >= 0.6 is 15.9 Å². The smallest absolute Gasteiger partial charge is 0.276 e. The van der Waals surface area contributed by atoms with E-state index in [1.54, 1.807) is 6.07 Å². The number of carboxylic acids is 1. The summed E-state index contributed by atoms with van der Waals surface area (Å²) in [5.41, 5.74) is 5.57. The fourth-order valence-electron chi connectivity index (χ4n) is 2.85. The number of hydrogen-bond donors (Lipinski definition) is 2. The first-order valence-electron chi connectivity index (χ1n) is 8.07. The Bertz CT molecular complexity index is 664. The Balaban J connectivity index is 1.80. The van der Waals surface area contributed by atoms with E-state index in [4.69, 9.17) is 4.74 Å². The number of halogens is 1. The SMILES string of the molecule is Cc1ccc(OCC(=O)NNC(=O)[C@@H]2CCCC[C@@H]2C(=O)[O-])c(Br)c1. The van der Waals surface area contributed by atoms with Crippen LogP contribution in [-0.2, 0) is 14.4 Å². The summed E-state index contributed by atoms with van der Waals surface area (Å²) in [5.74, 6) is -3.27. The van der Waals surface area contributed by atoms with Crippen LogP contribution in [0.4, 0.5) is 0 Å². The largest absolute Gasteiger partial charge is 0.550 e. The summed E-state index contributed by atoms with van der Waals surface area (Å²) in [6.07, 6.45) is 2.42. The van der Waals surface area contributed by atoms with E-state index in [0.717, 1.165) is 22.9 Å². The Labute approximate surface area is 154 Å². The standard InChI is InChI=1S/C17H21BrN2O5/c1-10-6-7-14(13(18)8-10)25-9-15(21)19-20-16(22)11-4-2-3-5-12(11)17(23)24/h6-8,11-12H,2-5,9H2,1H3,(H,19,21)(H,20,22)(H,23,24)/p-1/t11-,12+/m1/s1. The third-order valence-electron chi connectivity index (χ3n) is 4.18. The van der Waals surface area contributed by atoms with Crippen molar-refractivity contribution in [3.05, 3.63) is 28.2 Å². The predicted molar refractivity (Wildman–Crippen MR) is 91.1 cm³/mol. The van der Waals surface area contributed by atoms with Crippen LogP contribution in [0.3, 0.4) is 0 Å². The molecule has 0 saturated heterocycles. The van der Waals surface area contributed by atoms with Crippen molar-refractivity contribution in [2.75, 3.05) is 6.61 Å². The molecule has 1 aliphatic carbocycles. The lowest BCUT2D eigenvalue weighted by Crippen LogP contribution is -2.50. The Morgan fingerprint density at radius 3 is 2.52 bits per heavy atom. The summed E-state index contributed by atoms with van der Waals surface area (Å²) >= 11 is 3.34. The maximum Gasteiger partial charge on any atom is 0.276 e. The number of carbonyl (C=O) groups excluding carboxylic acids is 3. The molecular weight excluding hydrogens is 392 g/mol. The lowest BCUT2D eigenvalue weighted by Gasteiger charge is -2.31. The minimum absolute atomic E-state index is 0.281. The van der Waals surface area contributed by atoms with E-state index in [1.807, 2.05) is 19.1 Å². The average Bonchev–Trinajstić information content (AvgIpc) is 2.58. The maximum absolute atomic E-state index is 12.1. The molecule has 2 N–H and O–H groups in total. The molecule has 0 bridgehead atoms. The third kappa shape index (κ3) is 5.45. The van der Waals surface area contributed by atoms with E-state index in [-0.39, 0.29) is 6.61 Å². The second kappa shape index (κ2) is 8.84. The number of carboxylic acid groups (broad SMARTS) is 1. The number of ether oxygens (including phenoxy) is 1. The number of hydrazine groups is 1. The highest BCUT2D eigenvalue weighted by Crippen LogP contribution is 2.29. The molecule has 0 radical (unpaired) electrons. The Morgan fingerprint density at radius 1 is 1.20 bits per heavy atom. The van der Waals surface area contributed by atoms with Gasteiger partial charge in [0.25, 0.3) is 5.91 Å². The molecule has 2 amide bonds. The van der Waals surface area contributed by atoms with Gasteiger partial charge < -0.3 is 14.6 Å². The summed E-state index contributed by atoms with van der Waals surface area (Å²) in [6.45, 7) is 1.65. The molecule has 0 aromatic heterocycles. The van der Waals surface area contributed by atoms with E-state index in [0.29, 0.717) is 18.6 Å². The van der Waals surface area contributed by atoms with Crippen LogP contribution in [0.15, 0.2) is 22.7 Å². The van der Waals surface area contributed by atoms with Crippen molar-refractivity contribution in [3.63, 3.8) is 0 Å². The summed E-state index contributed by atoms with van der Waals surface area (Å²) in [5, 5.41) is 11.1. The van der Waals surface area contributed by atoms with Gasteiger partial charge in [0, 0.05) is 17.8 Å². The first-order chi connectivity index (χ1) is 11.9. The zero-order chi connectivity index (χ0) is 18.4. The molecule has 1 aromatic rings. The number of amides is 2. The number of hydrogen-bond acceptors (Lipinski definition) is 5. The van der Waals surface area contributed by atoms with Gasteiger partial charge in [0.15, 0.2) is 6.61 Å². The Hall–Kier alpha value is -2.09. The van der Waals surface area contributed by atoms with Gasteiger partial charge in [-0.1, -0.05) is 18.9 Å². The molecule has 2 atom stereocenters. The quantitative estimate of drug-likeness (QED) is 0.697. The normalized spacial score (nSPS) is 19.8. The molecule has 7 nitrogen and oxygen atoms in total. The van der Waals surface area contributed by atoms with Crippen LogP contribution in [0.5, 0.6) is 5.75 Å². The van der Waals surface area contributed by atoms with Crippen molar-refractivity contribution in [2.24, 2.45) is 11.8 Å². The fourth-order valence-corrected chi connectivity index (χ4v) is 3.46. The fraction of sp³-hybridized carbons (Fsp3) is 0.471. The van der Waals surface area contributed by atoms with Crippen LogP contribution in [0.1, 0.15) is 31.2 Å². The maximum atomic E-state index is 12.1. The van der Waals surface area contributed by atoms with Crippen molar-refractivity contribution in [3.8, 4) is 5.75 Å². The number of aliphatic carboxylic acids is 1. The number of carbonyl (C=O) groups is 3. The average molecular weight is 412 g/mol. The molecule has 1 aromatic carbocycles. The molecule has 2 rings (SSSR count). The Kier molecular flexibility index (Phi) is 6.81. The van der Waals surface area contributed by atoms with Gasteiger partial charge in [-0.2, -0.15) is 0 Å². The van der Waals surface area contributed by atoms with E-state index >= 15 is 0 Å². The van der Waals surface area contributed by atoms with Crippen molar-refractivity contribution in [1.82, 2.24) is 10.9 Å². The highest BCUT2D eigenvalue weighted by molar-refractivity contribution is 9.10. The van der Waals surface area contributed by atoms with E-state index < -0.39 is 29.6 Å². The van der Waals surface area contributed by atoms with E-state index in [9.17, 15) is 19.5 Å². The van der Waals surface area contributed by atoms with Gasteiger partial charge in [0.1, 0.15) is 5.75 Å². The minimum Gasteiger partial charge on any atom is -0.550 e. The number of benzene rings is 1. The highest BCUT2D eigenvalue weighted by atomic mass is 79.9. The van der Waals surface area contributed by atoms with Gasteiger partial charge in [0.05, 0.1) is 4.47 Å². The lowest BCUT2D eigenvalue weighted by atomic mass is 9.79. The predicted octanol–water partition coefficient (Wildman–Crippen LogP) is 0.840. The molecule has 0 unspecified atom stereocenters. The second-order valence-corrected chi connectivity index (χ2v) is 6.93. The molecular formula is C17H20BrN2O5-. The molecule has 0 spiro atoms. The zero-order valence-corrected chi connectivity index (χ0v) is 15.4. The molecule has 1 saturated carbocycles. The first-order valence-corrected chi connectivity index (χ1v) is 8.86. The van der Waals surface area contributed by atoms with Gasteiger partial charge in [-0.15, -0.1) is 0 Å². The van der Waals surface area contributed by atoms with Crippen LogP contribution in [0, 0.1) is 18.8 Å². The minimum atomic E-state index is -1.22. The van der Waals surface area contributed by atoms with E-state index in [1.165, 1.54) is 0 Å². The topological polar surface area (TPSA) is 108 Å².